The number of hydrogen-bond acceptors (Lipinski definition) is 6. The molecule has 0 spiro atoms. The molecule has 1 aliphatic heterocycles. The molecule has 0 saturated heterocycles. The molecular weight excluding hydrogens is 248 g/mol. The number of non-ortho nitro benzene ring substituents is 1. The van der Waals surface area contributed by atoms with Gasteiger partial charge in [0.15, 0.2) is 5.88 Å². The largest absolute Gasteiger partial charge is 0.469 e. The van der Waals surface area contributed by atoms with Crippen LogP contribution < -0.4 is 5.73 Å². The van der Waals surface area contributed by atoms with E-state index in [2.05, 4.69) is 0 Å². The van der Waals surface area contributed by atoms with Gasteiger partial charge in [-0.3, -0.25) is 10.1 Å². The van der Waals surface area contributed by atoms with Crippen LogP contribution in [0.2, 0.25) is 0 Å². The Morgan fingerprint density at radius 3 is 2.74 bits per heavy atom. The van der Waals surface area contributed by atoms with E-state index < -0.39 is 16.9 Å². The van der Waals surface area contributed by atoms with Crippen LogP contribution in [0.25, 0.3) is 0 Å². The molecule has 2 rings (SSSR count). The predicted octanol–water partition coefficient (Wildman–Crippen LogP) is 1.50. The fourth-order valence-electron chi connectivity index (χ4n) is 1.91. The molecule has 1 aromatic rings. The standard InChI is InChI=1S/C12H8N4O3/c13-5-9-10(6-14)12(15)19-11(9)7-2-1-3-8(4-7)16(17)18/h1-4,9,11H,15H2. The summed E-state index contributed by atoms with van der Waals surface area (Å²) >= 11 is 0. The van der Waals surface area contributed by atoms with Crippen molar-refractivity contribution in [3.8, 4) is 12.1 Å². The molecule has 1 aromatic carbocycles. The van der Waals surface area contributed by atoms with Gasteiger partial charge in [0.25, 0.3) is 5.69 Å². The second kappa shape index (κ2) is 4.67. The number of ether oxygens (including phenoxy) is 1. The van der Waals surface area contributed by atoms with Gasteiger partial charge in [-0.2, -0.15) is 10.5 Å². The number of rotatable bonds is 2. The van der Waals surface area contributed by atoms with Gasteiger partial charge < -0.3 is 10.5 Å². The molecule has 2 unspecified atom stereocenters. The fraction of sp³-hybridized carbons (Fsp3) is 0.167. The van der Waals surface area contributed by atoms with E-state index in [-0.39, 0.29) is 17.1 Å². The zero-order valence-corrected chi connectivity index (χ0v) is 9.61. The third-order valence-electron chi connectivity index (χ3n) is 2.80. The summed E-state index contributed by atoms with van der Waals surface area (Å²) in [5.74, 6) is -0.961. The van der Waals surface area contributed by atoms with Gasteiger partial charge in [0.2, 0.25) is 0 Å². The van der Waals surface area contributed by atoms with Gasteiger partial charge in [-0.1, -0.05) is 12.1 Å². The van der Waals surface area contributed by atoms with Crippen molar-refractivity contribution >= 4 is 5.69 Å². The number of benzene rings is 1. The maximum absolute atomic E-state index is 10.7. The lowest BCUT2D eigenvalue weighted by Gasteiger charge is -2.14. The molecule has 0 radical (unpaired) electrons. The summed E-state index contributed by atoms with van der Waals surface area (Å²) in [5.41, 5.74) is 5.91. The quantitative estimate of drug-likeness (QED) is 0.631. The molecular formula is C12H8N4O3. The first kappa shape index (κ1) is 12.4. The van der Waals surface area contributed by atoms with E-state index in [1.54, 1.807) is 6.07 Å². The zero-order valence-electron chi connectivity index (χ0n) is 9.61. The van der Waals surface area contributed by atoms with Crippen molar-refractivity contribution in [2.75, 3.05) is 0 Å². The van der Waals surface area contributed by atoms with Crippen molar-refractivity contribution in [1.29, 1.82) is 10.5 Å². The summed E-state index contributed by atoms with van der Waals surface area (Å²) in [6.45, 7) is 0. The minimum absolute atomic E-state index is 0.0546. The molecule has 7 nitrogen and oxygen atoms in total. The lowest BCUT2D eigenvalue weighted by Crippen LogP contribution is -2.09. The highest BCUT2D eigenvalue weighted by Crippen LogP contribution is 2.39. The molecule has 2 N–H and O–H groups in total. The van der Waals surface area contributed by atoms with Gasteiger partial charge in [0, 0.05) is 17.7 Å². The summed E-state index contributed by atoms with van der Waals surface area (Å²) in [7, 11) is 0. The molecule has 1 aliphatic rings. The minimum Gasteiger partial charge on any atom is -0.469 e. The van der Waals surface area contributed by atoms with Crippen LogP contribution in [0.1, 0.15) is 11.7 Å². The van der Waals surface area contributed by atoms with Gasteiger partial charge in [-0.15, -0.1) is 0 Å². The minimum atomic E-state index is -0.855. The van der Waals surface area contributed by atoms with Crippen LogP contribution in [-0.2, 0) is 4.74 Å². The third kappa shape index (κ3) is 2.05. The first-order chi connectivity index (χ1) is 9.08. The van der Waals surface area contributed by atoms with E-state index in [1.165, 1.54) is 18.2 Å². The maximum Gasteiger partial charge on any atom is 0.269 e. The van der Waals surface area contributed by atoms with Crippen LogP contribution in [0.4, 0.5) is 5.69 Å². The van der Waals surface area contributed by atoms with Crippen molar-refractivity contribution in [1.82, 2.24) is 0 Å². The van der Waals surface area contributed by atoms with Gasteiger partial charge in [-0.05, 0) is 0 Å². The number of nitro groups is 1. The van der Waals surface area contributed by atoms with E-state index in [9.17, 15) is 10.1 Å². The molecule has 0 amide bonds. The lowest BCUT2D eigenvalue weighted by atomic mass is 9.92. The number of hydrogen-bond donors (Lipinski definition) is 1. The van der Waals surface area contributed by atoms with E-state index in [4.69, 9.17) is 21.0 Å². The number of nitrogens with two attached hydrogens (primary N) is 1. The smallest absolute Gasteiger partial charge is 0.269 e. The van der Waals surface area contributed by atoms with Crippen molar-refractivity contribution in [3.05, 3.63) is 51.4 Å². The first-order valence-corrected chi connectivity index (χ1v) is 5.29. The molecule has 0 aliphatic carbocycles. The molecule has 94 valence electrons. The summed E-state index contributed by atoms with van der Waals surface area (Å²) in [6, 6.07) is 9.49. The molecule has 0 fully saturated rings. The maximum atomic E-state index is 10.7. The van der Waals surface area contributed by atoms with Crippen LogP contribution in [0.5, 0.6) is 0 Å². The van der Waals surface area contributed by atoms with E-state index >= 15 is 0 Å². The molecule has 2 atom stereocenters. The number of nitro benzene ring substituents is 1. The topological polar surface area (TPSA) is 126 Å². The highest BCUT2D eigenvalue weighted by molar-refractivity contribution is 5.42. The average Bonchev–Trinajstić information content (AvgIpc) is 2.74. The molecule has 7 heteroatoms. The fourth-order valence-corrected chi connectivity index (χ4v) is 1.91. The van der Waals surface area contributed by atoms with Crippen molar-refractivity contribution in [2.24, 2.45) is 11.7 Å². The van der Waals surface area contributed by atoms with Crippen molar-refractivity contribution in [3.63, 3.8) is 0 Å². The second-order valence-electron chi connectivity index (χ2n) is 3.89. The van der Waals surface area contributed by atoms with Crippen molar-refractivity contribution < 1.29 is 9.66 Å². The monoisotopic (exact) mass is 256 g/mol. The molecule has 0 bridgehead atoms. The summed E-state index contributed by atoms with van der Waals surface area (Å²) < 4.78 is 5.28. The summed E-state index contributed by atoms with van der Waals surface area (Å²) in [5, 5.41) is 28.7. The van der Waals surface area contributed by atoms with Crippen LogP contribution in [0.3, 0.4) is 0 Å². The van der Waals surface area contributed by atoms with E-state index in [0.29, 0.717) is 5.56 Å². The van der Waals surface area contributed by atoms with Crippen LogP contribution in [0, 0.1) is 38.7 Å². The normalized spacial score (nSPS) is 21.4. The Hall–Kier alpha value is -3.06. The van der Waals surface area contributed by atoms with Crippen molar-refractivity contribution in [2.45, 2.75) is 6.10 Å². The average molecular weight is 256 g/mol. The molecule has 1 heterocycles. The van der Waals surface area contributed by atoms with Crippen LogP contribution >= 0.6 is 0 Å². The number of nitrogens with zero attached hydrogens (tertiary/aromatic N) is 3. The first-order valence-electron chi connectivity index (χ1n) is 5.29. The Morgan fingerprint density at radius 1 is 1.42 bits per heavy atom. The Labute approximate surface area is 108 Å². The molecule has 0 aromatic heterocycles. The zero-order chi connectivity index (χ0) is 14.0. The number of nitriles is 2. The Kier molecular flexibility index (Phi) is 3.05. The Balaban J connectivity index is 2.40. The predicted molar refractivity (Wildman–Crippen MR) is 62.9 cm³/mol. The lowest BCUT2D eigenvalue weighted by molar-refractivity contribution is -0.385. The summed E-state index contributed by atoms with van der Waals surface area (Å²) in [6.07, 6.45) is -0.792. The Bertz CT molecular complexity index is 654. The molecule has 19 heavy (non-hydrogen) atoms. The third-order valence-corrected chi connectivity index (χ3v) is 2.80. The second-order valence-corrected chi connectivity index (χ2v) is 3.89. The van der Waals surface area contributed by atoms with Gasteiger partial charge in [0.1, 0.15) is 23.7 Å². The van der Waals surface area contributed by atoms with Gasteiger partial charge >= 0.3 is 0 Å². The highest BCUT2D eigenvalue weighted by Gasteiger charge is 2.38. The highest BCUT2D eigenvalue weighted by atomic mass is 16.6. The SMILES string of the molecule is N#CC1=C(N)OC(c2cccc([N+](=O)[O-])c2)C1C#N. The van der Waals surface area contributed by atoms with Gasteiger partial charge in [0.05, 0.1) is 11.0 Å². The van der Waals surface area contributed by atoms with E-state index in [0.717, 1.165) is 0 Å². The van der Waals surface area contributed by atoms with Gasteiger partial charge in [-0.25, -0.2) is 0 Å². The Morgan fingerprint density at radius 2 is 2.16 bits per heavy atom. The van der Waals surface area contributed by atoms with E-state index in [1.807, 2.05) is 12.1 Å². The molecule has 0 saturated carbocycles. The van der Waals surface area contributed by atoms with Crippen LogP contribution in [-0.4, -0.2) is 4.92 Å². The summed E-state index contributed by atoms with van der Waals surface area (Å²) in [4.78, 5) is 10.2. The van der Waals surface area contributed by atoms with Crippen LogP contribution in [0.15, 0.2) is 35.7 Å².